The van der Waals surface area contributed by atoms with E-state index in [-0.39, 0.29) is 0 Å². The third-order valence-electron chi connectivity index (χ3n) is 3.08. The van der Waals surface area contributed by atoms with E-state index in [0.717, 1.165) is 17.7 Å². The van der Waals surface area contributed by atoms with Gasteiger partial charge in [-0.2, -0.15) is 0 Å². The van der Waals surface area contributed by atoms with E-state index in [9.17, 15) is 5.11 Å². The number of benzene rings is 1. The van der Waals surface area contributed by atoms with Crippen molar-refractivity contribution in [3.63, 3.8) is 0 Å². The fourth-order valence-corrected chi connectivity index (χ4v) is 1.88. The molecule has 2 atom stereocenters. The van der Waals surface area contributed by atoms with Crippen molar-refractivity contribution in [2.45, 2.75) is 46.1 Å². The van der Waals surface area contributed by atoms with Gasteiger partial charge in [-0.05, 0) is 50.5 Å². The molecule has 2 unspecified atom stereocenters. The van der Waals surface area contributed by atoms with Crippen molar-refractivity contribution in [3.8, 4) is 17.6 Å². The summed E-state index contributed by atoms with van der Waals surface area (Å²) >= 11 is 0. The summed E-state index contributed by atoms with van der Waals surface area (Å²) in [5, 5.41) is 10.2. The van der Waals surface area contributed by atoms with E-state index in [0.29, 0.717) is 18.9 Å². The molecule has 1 aromatic carbocycles. The van der Waals surface area contributed by atoms with E-state index < -0.39 is 5.60 Å². The quantitative estimate of drug-likeness (QED) is 0.819. The molecule has 19 heavy (non-hydrogen) atoms. The molecule has 104 valence electrons. The van der Waals surface area contributed by atoms with E-state index in [1.165, 1.54) is 0 Å². The zero-order valence-corrected chi connectivity index (χ0v) is 12.4. The number of aliphatic hydroxyl groups is 1. The molecule has 0 heterocycles. The maximum absolute atomic E-state index is 10.2. The molecule has 1 aromatic rings. The molecule has 0 fully saturated rings. The molecular weight excluding hydrogens is 236 g/mol. The number of rotatable bonds is 5. The van der Waals surface area contributed by atoms with Crippen LogP contribution in [0.2, 0.25) is 0 Å². The largest absolute Gasteiger partial charge is 0.494 e. The van der Waals surface area contributed by atoms with Crippen LogP contribution in [-0.2, 0) is 0 Å². The Morgan fingerprint density at radius 1 is 1.26 bits per heavy atom. The normalized spacial score (nSPS) is 15.0. The lowest BCUT2D eigenvalue weighted by Crippen LogP contribution is -2.24. The van der Waals surface area contributed by atoms with Gasteiger partial charge in [-0.3, -0.25) is 0 Å². The molecule has 0 aromatic heterocycles. The summed E-state index contributed by atoms with van der Waals surface area (Å²) in [7, 11) is 0. The van der Waals surface area contributed by atoms with E-state index >= 15 is 0 Å². The first-order valence-electron chi connectivity index (χ1n) is 6.95. The van der Waals surface area contributed by atoms with E-state index in [4.69, 9.17) is 4.74 Å². The third-order valence-corrected chi connectivity index (χ3v) is 3.08. The van der Waals surface area contributed by atoms with E-state index in [2.05, 4.69) is 25.7 Å². The zero-order chi connectivity index (χ0) is 14.3. The summed E-state index contributed by atoms with van der Waals surface area (Å²) in [6, 6.07) is 7.63. The Hall–Kier alpha value is -1.46. The Labute approximate surface area is 116 Å². The van der Waals surface area contributed by atoms with Gasteiger partial charge in [-0.25, -0.2) is 0 Å². The van der Waals surface area contributed by atoms with Crippen molar-refractivity contribution < 1.29 is 9.84 Å². The van der Waals surface area contributed by atoms with Gasteiger partial charge in [0.25, 0.3) is 0 Å². The Bertz CT molecular complexity index is 435. The maximum Gasteiger partial charge on any atom is 0.123 e. The molecule has 0 aliphatic heterocycles. The Kier molecular flexibility index (Phi) is 5.92. The zero-order valence-electron chi connectivity index (χ0n) is 12.4. The van der Waals surface area contributed by atoms with E-state index in [1.807, 2.05) is 31.2 Å². The minimum Gasteiger partial charge on any atom is -0.494 e. The second kappa shape index (κ2) is 7.21. The van der Waals surface area contributed by atoms with Gasteiger partial charge in [0.05, 0.1) is 6.61 Å². The van der Waals surface area contributed by atoms with Crippen molar-refractivity contribution in [1.82, 2.24) is 0 Å². The van der Waals surface area contributed by atoms with Crippen LogP contribution >= 0.6 is 0 Å². The van der Waals surface area contributed by atoms with Crippen LogP contribution in [0.3, 0.4) is 0 Å². The van der Waals surface area contributed by atoms with Gasteiger partial charge in [-0.1, -0.05) is 32.1 Å². The minimum atomic E-state index is -0.923. The van der Waals surface area contributed by atoms with Crippen molar-refractivity contribution in [3.05, 3.63) is 29.8 Å². The number of hydrogen-bond donors (Lipinski definition) is 1. The molecule has 1 N–H and O–H groups in total. The van der Waals surface area contributed by atoms with Crippen molar-refractivity contribution in [1.29, 1.82) is 0 Å². The molecule has 0 spiro atoms. The first kappa shape index (κ1) is 15.6. The standard InChI is InChI=1S/C17H24O2/c1-5-14(3)13-17(4,18)12-11-15-7-9-16(10-8-15)19-6-2/h7-10,14,18H,5-6,13H2,1-4H3. The average Bonchev–Trinajstić information content (AvgIpc) is 2.38. The van der Waals surface area contributed by atoms with Crippen molar-refractivity contribution in [2.24, 2.45) is 5.92 Å². The second-order valence-electron chi connectivity index (χ2n) is 5.20. The monoisotopic (exact) mass is 260 g/mol. The molecule has 2 heteroatoms. The maximum atomic E-state index is 10.2. The highest BCUT2D eigenvalue weighted by atomic mass is 16.5. The minimum absolute atomic E-state index is 0.477. The molecule has 2 nitrogen and oxygen atoms in total. The molecule has 0 saturated heterocycles. The summed E-state index contributed by atoms with van der Waals surface area (Å²) in [5.74, 6) is 7.31. The fraction of sp³-hybridized carbons (Fsp3) is 0.529. The summed E-state index contributed by atoms with van der Waals surface area (Å²) in [4.78, 5) is 0. The summed E-state index contributed by atoms with van der Waals surface area (Å²) in [6.45, 7) is 8.66. The van der Waals surface area contributed by atoms with E-state index in [1.54, 1.807) is 6.92 Å². The van der Waals surface area contributed by atoms with Crippen LogP contribution in [0.1, 0.15) is 46.1 Å². The van der Waals surface area contributed by atoms with Crippen molar-refractivity contribution in [2.75, 3.05) is 6.61 Å². The first-order valence-corrected chi connectivity index (χ1v) is 6.95. The highest BCUT2D eigenvalue weighted by molar-refractivity contribution is 5.39. The van der Waals surface area contributed by atoms with Crippen LogP contribution in [0.4, 0.5) is 0 Å². The van der Waals surface area contributed by atoms with Crippen LogP contribution in [0.25, 0.3) is 0 Å². The van der Waals surface area contributed by atoms with Gasteiger partial charge in [-0.15, -0.1) is 0 Å². The highest BCUT2D eigenvalue weighted by Crippen LogP contribution is 2.18. The average molecular weight is 260 g/mol. The summed E-state index contributed by atoms with van der Waals surface area (Å²) < 4.78 is 5.38. The lowest BCUT2D eigenvalue weighted by molar-refractivity contribution is 0.0939. The van der Waals surface area contributed by atoms with Gasteiger partial charge >= 0.3 is 0 Å². The van der Waals surface area contributed by atoms with Gasteiger partial charge in [0.2, 0.25) is 0 Å². The Morgan fingerprint density at radius 2 is 1.89 bits per heavy atom. The lowest BCUT2D eigenvalue weighted by Gasteiger charge is -2.20. The van der Waals surface area contributed by atoms with Gasteiger partial charge < -0.3 is 9.84 Å². The van der Waals surface area contributed by atoms with Gasteiger partial charge in [0.15, 0.2) is 0 Å². The van der Waals surface area contributed by atoms with Crippen LogP contribution in [0.5, 0.6) is 5.75 Å². The SMILES string of the molecule is CCOc1ccc(C#CC(C)(O)CC(C)CC)cc1. The second-order valence-corrected chi connectivity index (χ2v) is 5.20. The van der Waals surface area contributed by atoms with Crippen LogP contribution < -0.4 is 4.74 Å². The third kappa shape index (κ3) is 5.81. The highest BCUT2D eigenvalue weighted by Gasteiger charge is 2.19. The fourth-order valence-electron chi connectivity index (χ4n) is 1.88. The van der Waals surface area contributed by atoms with Crippen molar-refractivity contribution >= 4 is 0 Å². The smallest absolute Gasteiger partial charge is 0.123 e. The van der Waals surface area contributed by atoms with Gasteiger partial charge in [0, 0.05) is 5.56 Å². The van der Waals surface area contributed by atoms with Crippen LogP contribution in [0.15, 0.2) is 24.3 Å². The summed E-state index contributed by atoms with van der Waals surface area (Å²) in [5.41, 5.74) is -0.0264. The van der Waals surface area contributed by atoms with Crippen LogP contribution in [-0.4, -0.2) is 17.3 Å². The molecule has 0 amide bonds. The summed E-state index contributed by atoms with van der Waals surface area (Å²) in [6.07, 6.45) is 1.76. The molecular formula is C17H24O2. The number of hydrogen-bond acceptors (Lipinski definition) is 2. The van der Waals surface area contributed by atoms with Gasteiger partial charge in [0.1, 0.15) is 11.4 Å². The predicted molar refractivity (Wildman–Crippen MR) is 79.2 cm³/mol. The Morgan fingerprint density at radius 3 is 2.42 bits per heavy atom. The number of ether oxygens (including phenoxy) is 1. The first-order chi connectivity index (χ1) is 8.96. The molecule has 0 saturated carbocycles. The molecule has 0 bridgehead atoms. The van der Waals surface area contributed by atoms with Crippen LogP contribution in [0, 0.1) is 17.8 Å². The molecule has 0 aliphatic carbocycles. The molecule has 0 radical (unpaired) electrons. The molecule has 1 rings (SSSR count). The predicted octanol–water partition coefficient (Wildman–Crippen LogP) is 3.62. The topological polar surface area (TPSA) is 29.5 Å². The molecule has 0 aliphatic rings. The Balaban J connectivity index is 2.70. The lowest BCUT2D eigenvalue weighted by atomic mass is 9.92.